The van der Waals surface area contributed by atoms with E-state index in [4.69, 9.17) is 10.8 Å². The maximum Gasteiger partial charge on any atom is 0.229 e. The Bertz CT molecular complexity index is 696. The molecule has 3 heterocycles. The van der Waals surface area contributed by atoms with Gasteiger partial charge in [-0.1, -0.05) is 0 Å². The fourth-order valence-corrected chi connectivity index (χ4v) is 4.33. The van der Waals surface area contributed by atoms with Gasteiger partial charge in [0.05, 0.1) is 5.41 Å². The largest absolute Gasteiger partial charge is 0.339 e. The van der Waals surface area contributed by atoms with Gasteiger partial charge >= 0.3 is 0 Å². The van der Waals surface area contributed by atoms with Crippen LogP contribution in [-0.4, -0.2) is 55.9 Å². The van der Waals surface area contributed by atoms with Crippen molar-refractivity contribution in [1.29, 1.82) is 10.8 Å². The van der Waals surface area contributed by atoms with Crippen molar-refractivity contribution in [1.82, 2.24) is 19.2 Å². The first-order chi connectivity index (χ1) is 11.0. The van der Waals surface area contributed by atoms with Gasteiger partial charge in [0.1, 0.15) is 11.7 Å². The molecule has 1 unspecified atom stereocenters. The van der Waals surface area contributed by atoms with Gasteiger partial charge in [0.15, 0.2) is 10.8 Å². The Balaban J connectivity index is 1.49. The standard InChI is InChI=1S/C15H20N6OS/c1-9-18-13(23-19-9)12(17)21-7-5-15(8-11(21)16)4-6-20(14(15)22)10-2-3-10/h10,16-17H,2-8H2,1H3. The summed E-state index contributed by atoms with van der Waals surface area (Å²) in [7, 11) is 0. The summed E-state index contributed by atoms with van der Waals surface area (Å²) in [6.45, 7) is 3.18. The maximum atomic E-state index is 12.8. The summed E-state index contributed by atoms with van der Waals surface area (Å²) >= 11 is 1.19. The van der Waals surface area contributed by atoms with E-state index in [9.17, 15) is 4.79 Å². The second-order valence-corrected chi connectivity index (χ2v) is 7.53. The first-order valence-corrected chi connectivity index (χ1v) is 8.83. The molecule has 2 aliphatic heterocycles. The summed E-state index contributed by atoms with van der Waals surface area (Å²) in [5, 5.41) is 17.2. The summed E-state index contributed by atoms with van der Waals surface area (Å²) in [5.41, 5.74) is -0.395. The van der Waals surface area contributed by atoms with Crippen molar-refractivity contribution in [3.63, 3.8) is 0 Å². The van der Waals surface area contributed by atoms with Crippen LogP contribution < -0.4 is 0 Å². The highest BCUT2D eigenvalue weighted by atomic mass is 32.1. The molecule has 1 aromatic rings. The molecule has 1 aromatic heterocycles. The number of hydrogen-bond acceptors (Lipinski definition) is 6. The minimum atomic E-state index is -0.395. The molecule has 0 radical (unpaired) electrons. The van der Waals surface area contributed by atoms with E-state index in [0.717, 1.165) is 32.2 Å². The van der Waals surface area contributed by atoms with E-state index in [1.54, 1.807) is 11.8 Å². The minimum absolute atomic E-state index is 0.236. The van der Waals surface area contributed by atoms with Crippen LogP contribution in [0, 0.1) is 23.2 Å². The molecule has 2 N–H and O–H groups in total. The zero-order valence-corrected chi connectivity index (χ0v) is 13.9. The molecule has 0 aromatic carbocycles. The highest BCUT2D eigenvalue weighted by molar-refractivity contribution is 7.07. The van der Waals surface area contributed by atoms with Gasteiger partial charge in [-0.15, -0.1) is 0 Å². The number of likely N-dealkylation sites (tertiary alicyclic amines) is 2. The van der Waals surface area contributed by atoms with Gasteiger partial charge in [-0.3, -0.25) is 15.6 Å². The second-order valence-electron chi connectivity index (χ2n) is 6.78. The van der Waals surface area contributed by atoms with E-state index in [2.05, 4.69) is 9.36 Å². The third kappa shape index (κ3) is 2.36. The lowest BCUT2D eigenvalue weighted by Crippen LogP contribution is -2.49. The number of aromatic nitrogens is 2. The molecule has 8 heteroatoms. The van der Waals surface area contributed by atoms with Gasteiger partial charge in [0, 0.05) is 25.6 Å². The zero-order valence-electron chi connectivity index (χ0n) is 13.1. The Hall–Kier alpha value is -1.83. The van der Waals surface area contributed by atoms with Crippen LogP contribution in [0.25, 0.3) is 0 Å². The van der Waals surface area contributed by atoms with Crippen molar-refractivity contribution in [3.05, 3.63) is 10.8 Å². The number of nitrogens with one attached hydrogen (secondary N) is 2. The first kappa shape index (κ1) is 14.7. The number of amidine groups is 2. The van der Waals surface area contributed by atoms with Crippen LogP contribution in [0.5, 0.6) is 0 Å². The lowest BCUT2D eigenvalue weighted by atomic mass is 9.76. The molecule has 122 valence electrons. The Labute approximate surface area is 138 Å². The van der Waals surface area contributed by atoms with E-state index in [1.807, 2.05) is 4.90 Å². The normalized spacial score (nSPS) is 28.0. The first-order valence-electron chi connectivity index (χ1n) is 8.05. The van der Waals surface area contributed by atoms with Crippen LogP contribution in [0.15, 0.2) is 0 Å². The highest BCUT2D eigenvalue weighted by Crippen LogP contribution is 2.45. The molecular formula is C15H20N6OS. The van der Waals surface area contributed by atoms with Crippen molar-refractivity contribution < 1.29 is 4.79 Å². The second kappa shape index (κ2) is 5.09. The van der Waals surface area contributed by atoms with E-state index < -0.39 is 5.41 Å². The maximum absolute atomic E-state index is 12.8. The van der Waals surface area contributed by atoms with Crippen molar-refractivity contribution >= 4 is 29.1 Å². The molecular weight excluding hydrogens is 312 g/mol. The van der Waals surface area contributed by atoms with E-state index in [-0.39, 0.29) is 11.7 Å². The van der Waals surface area contributed by atoms with Crippen molar-refractivity contribution in [2.75, 3.05) is 13.1 Å². The molecule has 0 bridgehead atoms. The van der Waals surface area contributed by atoms with Crippen LogP contribution in [0.3, 0.4) is 0 Å². The Morgan fingerprint density at radius 2 is 2.09 bits per heavy atom. The molecule has 1 aliphatic carbocycles. The van der Waals surface area contributed by atoms with Gasteiger partial charge in [-0.2, -0.15) is 4.37 Å². The fraction of sp³-hybridized carbons (Fsp3) is 0.667. The zero-order chi connectivity index (χ0) is 16.2. The summed E-state index contributed by atoms with van der Waals surface area (Å²) in [4.78, 5) is 20.7. The molecule has 23 heavy (non-hydrogen) atoms. The topological polar surface area (TPSA) is 97.0 Å². The number of hydrogen-bond donors (Lipinski definition) is 2. The van der Waals surface area contributed by atoms with Gasteiger partial charge in [0.25, 0.3) is 0 Å². The predicted octanol–water partition coefficient (Wildman–Crippen LogP) is 1.63. The monoisotopic (exact) mass is 332 g/mol. The van der Waals surface area contributed by atoms with Crippen LogP contribution in [0.2, 0.25) is 0 Å². The number of carbonyl (C=O) groups excluding carboxylic acids is 1. The predicted molar refractivity (Wildman–Crippen MR) is 86.9 cm³/mol. The van der Waals surface area contributed by atoms with Crippen LogP contribution in [0.4, 0.5) is 0 Å². The molecule has 3 aliphatic rings. The van der Waals surface area contributed by atoms with Crippen molar-refractivity contribution in [3.8, 4) is 0 Å². The van der Waals surface area contributed by atoms with Gasteiger partial charge in [-0.25, -0.2) is 4.98 Å². The van der Waals surface area contributed by atoms with Crippen LogP contribution >= 0.6 is 11.5 Å². The van der Waals surface area contributed by atoms with E-state index >= 15 is 0 Å². The van der Waals surface area contributed by atoms with Crippen molar-refractivity contribution in [2.45, 2.75) is 45.1 Å². The van der Waals surface area contributed by atoms with E-state index in [0.29, 0.717) is 35.7 Å². The molecule has 1 atom stereocenters. The van der Waals surface area contributed by atoms with Crippen LogP contribution in [0.1, 0.15) is 42.9 Å². The molecule has 2 saturated heterocycles. The molecule has 7 nitrogen and oxygen atoms in total. The number of aryl methyl sites for hydroxylation is 1. The van der Waals surface area contributed by atoms with Gasteiger partial charge < -0.3 is 9.80 Å². The number of carbonyl (C=O) groups is 1. The van der Waals surface area contributed by atoms with Crippen molar-refractivity contribution in [2.24, 2.45) is 5.41 Å². The molecule has 4 rings (SSSR count). The van der Waals surface area contributed by atoms with Gasteiger partial charge in [-0.05, 0) is 44.1 Å². The molecule has 1 saturated carbocycles. The average Bonchev–Trinajstić information content (AvgIpc) is 3.20. The molecule has 1 spiro atoms. The SMILES string of the molecule is Cc1nsc(C(=N)N2CCC3(CCN(C4CC4)C3=O)CC2=N)n1. The summed E-state index contributed by atoms with van der Waals surface area (Å²) in [5.74, 6) is 1.49. The Kier molecular flexibility index (Phi) is 3.26. The fourth-order valence-electron chi connectivity index (χ4n) is 3.70. The molecule has 3 fully saturated rings. The Morgan fingerprint density at radius 3 is 2.70 bits per heavy atom. The number of rotatable bonds is 2. The third-order valence-electron chi connectivity index (χ3n) is 5.18. The Morgan fingerprint density at radius 1 is 1.35 bits per heavy atom. The lowest BCUT2D eigenvalue weighted by Gasteiger charge is -2.38. The van der Waals surface area contributed by atoms with E-state index in [1.165, 1.54) is 11.5 Å². The molecule has 1 amide bonds. The lowest BCUT2D eigenvalue weighted by molar-refractivity contribution is -0.137. The minimum Gasteiger partial charge on any atom is -0.339 e. The number of amides is 1. The smallest absolute Gasteiger partial charge is 0.229 e. The van der Waals surface area contributed by atoms with Gasteiger partial charge in [0.2, 0.25) is 5.91 Å². The highest BCUT2D eigenvalue weighted by Gasteiger charge is 2.53. The number of nitrogens with zero attached hydrogens (tertiary/aromatic N) is 4. The van der Waals surface area contributed by atoms with Crippen LogP contribution in [-0.2, 0) is 4.79 Å². The quantitative estimate of drug-likeness (QED) is 0.635. The summed E-state index contributed by atoms with van der Waals surface area (Å²) < 4.78 is 4.11. The number of piperidine rings is 1. The average molecular weight is 332 g/mol. The third-order valence-corrected chi connectivity index (χ3v) is 5.99. The summed E-state index contributed by atoms with van der Waals surface area (Å²) in [6, 6.07) is 0.455. The summed E-state index contributed by atoms with van der Waals surface area (Å²) in [6.07, 6.45) is 4.27.